The number of benzene rings is 1. The molecule has 0 saturated carbocycles. The van der Waals surface area contributed by atoms with Crippen molar-refractivity contribution >= 4 is 11.6 Å². The number of anilines is 1. The van der Waals surface area contributed by atoms with Crippen molar-refractivity contribution in [3.63, 3.8) is 0 Å². The van der Waals surface area contributed by atoms with Gasteiger partial charge in [-0.3, -0.25) is 4.79 Å². The Bertz CT molecular complexity index is 446. The van der Waals surface area contributed by atoms with Crippen molar-refractivity contribution in [2.75, 3.05) is 5.32 Å². The zero-order valence-corrected chi connectivity index (χ0v) is 10.6. The Balaban J connectivity index is 2.81. The van der Waals surface area contributed by atoms with Crippen LogP contribution in [0.5, 0.6) is 0 Å². The van der Waals surface area contributed by atoms with Gasteiger partial charge in [-0.25, -0.2) is 0 Å². The van der Waals surface area contributed by atoms with Crippen molar-refractivity contribution in [2.24, 2.45) is 5.92 Å². The lowest BCUT2D eigenvalue weighted by Crippen LogP contribution is -2.22. The molecule has 0 aliphatic rings. The van der Waals surface area contributed by atoms with E-state index in [1.807, 2.05) is 45.0 Å². The Morgan fingerprint density at radius 1 is 1.47 bits per heavy atom. The zero-order valence-electron chi connectivity index (χ0n) is 10.6. The number of carbonyl (C=O) groups is 1. The number of carbonyl (C=O) groups excluding carboxylic acids is 1. The fraction of sp³-hybridized carbons (Fsp3) is 0.429. The average molecular weight is 230 g/mol. The molecule has 0 aliphatic heterocycles. The third kappa shape index (κ3) is 3.32. The minimum absolute atomic E-state index is 0.206. The summed E-state index contributed by atoms with van der Waals surface area (Å²) in [6, 6.07) is 7.81. The maximum atomic E-state index is 11.9. The molecule has 0 spiro atoms. The van der Waals surface area contributed by atoms with Gasteiger partial charge in [-0.1, -0.05) is 25.5 Å². The van der Waals surface area contributed by atoms with E-state index in [0.29, 0.717) is 6.42 Å². The topological polar surface area (TPSA) is 52.9 Å². The number of hydrogen-bond acceptors (Lipinski definition) is 2. The summed E-state index contributed by atoms with van der Waals surface area (Å²) < 4.78 is 0. The van der Waals surface area contributed by atoms with Crippen molar-refractivity contribution in [3.8, 4) is 6.07 Å². The summed E-state index contributed by atoms with van der Waals surface area (Å²) in [6.07, 6.45) is 1.44. The second-order valence-corrected chi connectivity index (χ2v) is 4.21. The molecule has 0 aliphatic carbocycles. The van der Waals surface area contributed by atoms with Crippen molar-refractivity contribution in [1.29, 1.82) is 5.26 Å². The highest BCUT2D eigenvalue weighted by molar-refractivity contribution is 5.94. The Morgan fingerprint density at radius 3 is 2.76 bits per heavy atom. The van der Waals surface area contributed by atoms with E-state index in [1.54, 1.807) is 0 Å². The second-order valence-electron chi connectivity index (χ2n) is 4.21. The first-order valence-electron chi connectivity index (χ1n) is 5.86. The Kier molecular flexibility index (Phi) is 4.71. The highest BCUT2D eigenvalue weighted by atomic mass is 16.1. The molecule has 0 radical (unpaired) electrons. The molecule has 1 atom stereocenters. The Morgan fingerprint density at radius 2 is 2.18 bits per heavy atom. The van der Waals surface area contributed by atoms with Crippen molar-refractivity contribution in [3.05, 3.63) is 29.3 Å². The molecule has 1 N–H and O–H groups in total. The van der Waals surface area contributed by atoms with Gasteiger partial charge in [0.15, 0.2) is 0 Å². The van der Waals surface area contributed by atoms with Gasteiger partial charge in [-0.05, 0) is 37.5 Å². The molecular weight excluding hydrogens is 212 g/mol. The van der Waals surface area contributed by atoms with Crippen LogP contribution in [0.15, 0.2) is 18.2 Å². The quantitative estimate of drug-likeness (QED) is 0.863. The summed E-state index contributed by atoms with van der Waals surface area (Å²) in [6.45, 7) is 5.93. The summed E-state index contributed by atoms with van der Waals surface area (Å²) in [5, 5.41) is 11.7. The molecule has 0 fully saturated rings. The first-order valence-corrected chi connectivity index (χ1v) is 5.86. The van der Waals surface area contributed by atoms with E-state index in [2.05, 4.69) is 5.32 Å². The molecule has 1 aromatic rings. The van der Waals surface area contributed by atoms with E-state index in [-0.39, 0.29) is 5.91 Å². The summed E-state index contributed by atoms with van der Waals surface area (Å²) in [5.41, 5.74) is 2.98. The SMILES string of the molecule is CCCC(C#N)C(=O)Nc1cccc(C)c1C. The van der Waals surface area contributed by atoms with Gasteiger partial charge < -0.3 is 5.32 Å². The number of amides is 1. The van der Waals surface area contributed by atoms with Crippen LogP contribution in [0.4, 0.5) is 5.69 Å². The standard InChI is InChI=1S/C14H18N2O/c1-4-6-12(9-15)14(17)16-13-8-5-7-10(2)11(13)3/h5,7-8,12H,4,6H2,1-3H3,(H,16,17). The second kappa shape index (κ2) is 6.05. The lowest BCUT2D eigenvalue weighted by molar-refractivity contribution is -0.118. The molecule has 1 unspecified atom stereocenters. The third-order valence-electron chi connectivity index (χ3n) is 2.91. The molecular formula is C14H18N2O. The maximum Gasteiger partial charge on any atom is 0.241 e. The minimum Gasteiger partial charge on any atom is -0.325 e. The van der Waals surface area contributed by atoms with Crippen LogP contribution in [-0.4, -0.2) is 5.91 Å². The highest BCUT2D eigenvalue weighted by Gasteiger charge is 2.17. The van der Waals surface area contributed by atoms with E-state index in [9.17, 15) is 4.79 Å². The van der Waals surface area contributed by atoms with Gasteiger partial charge in [0, 0.05) is 5.69 Å². The molecule has 1 rings (SSSR count). The number of hydrogen-bond donors (Lipinski definition) is 1. The third-order valence-corrected chi connectivity index (χ3v) is 2.91. The van der Waals surface area contributed by atoms with Gasteiger partial charge >= 0.3 is 0 Å². The van der Waals surface area contributed by atoms with E-state index < -0.39 is 5.92 Å². The van der Waals surface area contributed by atoms with Crippen molar-refractivity contribution in [1.82, 2.24) is 0 Å². The van der Waals surface area contributed by atoms with Gasteiger partial charge in [0.2, 0.25) is 5.91 Å². The fourth-order valence-corrected chi connectivity index (χ4v) is 1.65. The monoisotopic (exact) mass is 230 g/mol. The Labute approximate surface area is 102 Å². The first kappa shape index (κ1) is 13.2. The lowest BCUT2D eigenvalue weighted by Gasteiger charge is -2.12. The molecule has 90 valence electrons. The molecule has 0 saturated heterocycles. The molecule has 3 nitrogen and oxygen atoms in total. The Hall–Kier alpha value is -1.82. The van der Waals surface area contributed by atoms with Crippen LogP contribution in [0, 0.1) is 31.1 Å². The van der Waals surface area contributed by atoms with Crippen LogP contribution in [-0.2, 0) is 4.79 Å². The van der Waals surface area contributed by atoms with Crippen LogP contribution in [0.25, 0.3) is 0 Å². The zero-order chi connectivity index (χ0) is 12.8. The van der Waals surface area contributed by atoms with Crippen LogP contribution in [0.2, 0.25) is 0 Å². The largest absolute Gasteiger partial charge is 0.325 e. The highest BCUT2D eigenvalue weighted by Crippen LogP contribution is 2.19. The normalized spacial score (nSPS) is 11.6. The minimum atomic E-state index is -0.556. The van der Waals surface area contributed by atoms with E-state index >= 15 is 0 Å². The van der Waals surface area contributed by atoms with Crippen LogP contribution < -0.4 is 5.32 Å². The number of rotatable bonds is 4. The predicted octanol–water partition coefficient (Wildman–Crippen LogP) is 3.18. The maximum absolute atomic E-state index is 11.9. The number of nitrogens with zero attached hydrogens (tertiary/aromatic N) is 1. The van der Waals surface area contributed by atoms with Crippen LogP contribution in [0.3, 0.4) is 0 Å². The molecule has 0 heterocycles. The number of nitriles is 1. The van der Waals surface area contributed by atoms with Crippen molar-refractivity contribution < 1.29 is 4.79 Å². The molecule has 1 amide bonds. The summed E-state index contributed by atoms with van der Waals surface area (Å²) >= 11 is 0. The van der Waals surface area contributed by atoms with E-state index in [4.69, 9.17) is 5.26 Å². The van der Waals surface area contributed by atoms with Gasteiger partial charge in [0.25, 0.3) is 0 Å². The van der Waals surface area contributed by atoms with Crippen LogP contribution >= 0.6 is 0 Å². The molecule has 0 aromatic heterocycles. The molecule has 0 bridgehead atoms. The van der Waals surface area contributed by atoms with E-state index in [1.165, 1.54) is 0 Å². The molecule has 1 aromatic carbocycles. The summed E-state index contributed by atoms with van der Waals surface area (Å²) in [4.78, 5) is 11.9. The van der Waals surface area contributed by atoms with Gasteiger partial charge in [-0.15, -0.1) is 0 Å². The first-order chi connectivity index (χ1) is 8.10. The fourth-order valence-electron chi connectivity index (χ4n) is 1.65. The average Bonchev–Trinajstić information content (AvgIpc) is 2.31. The molecule has 17 heavy (non-hydrogen) atoms. The number of nitrogens with one attached hydrogen (secondary N) is 1. The van der Waals surface area contributed by atoms with E-state index in [0.717, 1.165) is 23.2 Å². The van der Waals surface area contributed by atoms with Crippen molar-refractivity contribution in [2.45, 2.75) is 33.6 Å². The van der Waals surface area contributed by atoms with Crippen LogP contribution in [0.1, 0.15) is 30.9 Å². The smallest absolute Gasteiger partial charge is 0.241 e. The predicted molar refractivity (Wildman–Crippen MR) is 68.6 cm³/mol. The molecule has 3 heteroatoms. The van der Waals surface area contributed by atoms with Gasteiger partial charge in [0.05, 0.1) is 6.07 Å². The lowest BCUT2D eigenvalue weighted by atomic mass is 10.0. The van der Waals surface area contributed by atoms with Gasteiger partial charge in [-0.2, -0.15) is 5.26 Å². The summed E-state index contributed by atoms with van der Waals surface area (Å²) in [7, 11) is 0. The van der Waals surface area contributed by atoms with Gasteiger partial charge in [0.1, 0.15) is 5.92 Å². The number of aryl methyl sites for hydroxylation is 1. The summed E-state index contributed by atoms with van der Waals surface area (Å²) in [5.74, 6) is -0.761.